The van der Waals surface area contributed by atoms with Crippen molar-refractivity contribution >= 4 is 5.91 Å². The van der Waals surface area contributed by atoms with Crippen molar-refractivity contribution in [1.29, 1.82) is 0 Å². The number of hydrogen-bond acceptors (Lipinski definition) is 3. The van der Waals surface area contributed by atoms with Gasteiger partial charge in [-0.05, 0) is 69.6 Å². The second-order valence-corrected chi connectivity index (χ2v) is 7.12. The Hall–Kier alpha value is -1.46. The molecule has 1 aromatic rings. The largest absolute Gasteiger partial charge is 0.354 e. The molecule has 1 saturated heterocycles. The molecule has 1 fully saturated rings. The monoisotopic (exact) mass is 335 g/mol. The summed E-state index contributed by atoms with van der Waals surface area (Å²) in [5, 5.41) is 6.46. The van der Waals surface area contributed by atoms with Crippen molar-refractivity contribution in [1.82, 2.24) is 15.5 Å². The third kappa shape index (κ3) is 5.56. The van der Waals surface area contributed by atoms with E-state index in [9.17, 15) is 9.18 Å². The third-order valence-electron chi connectivity index (χ3n) is 5.02. The number of benzene rings is 1. The van der Waals surface area contributed by atoms with Crippen molar-refractivity contribution in [3.05, 3.63) is 35.6 Å². The smallest absolute Gasteiger partial charge is 0.220 e. The van der Waals surface area contributed by atoms with E-state index in [2.05, 4.69) is 17.6 Å². The maximum absolute atomic E-state index is 13.1. The fourth-order valence-electron chi connectivity index (χ4n) is 3.39. The van der Waals surface area contributed by atoms with E-state index in [1.54, 1.807) is 12.1 Å². The van der Waals surface area contributed by atoms with E-state index in [0.29, 0.717) is 24.8 Å². The summed E-state index contributed by atoms with van der Waals surface area (Å²) < 4.78 is 13.1. The van der Waals surface area contributed by atoms with E-state index in [4.69, 9.17) is 0 Å². The molecule has 3 unspecified atom stereocenters. The summed E-state index contributed by atoms with van der Waals surface area (Å²) in [5.41, 5.74) is 1.01. The molecule has 0 saturated carbocycles. The molecular formula is C19H30FN3O. The molecule has 0 spiro atoms. The number of likely N-dealkylation sites (N-methyl/N-ethyl adjacent to an activating group) is 1. The van der Waals surface area contributed by atoms with Gasteiger partial charge in [-0.25, -0.2) is 4.39 Å². The maximum atomic E-state index is 13.1. The quantitative estimate of drug-likeness (QED) is 0.805. The molecule has 24 heavy (non-hydrogen) atoms. The lowest BCUT2D eigenvalue weighted by Crippen LogP contribution is -2.38. The van der Waals surface area contributed by atoms with Crippen LogP contribution in [0.4, 0.5) is 4.39 Å². The number of amides is 1. The number of nitrogens with one attached hydrogen (secondary N) is 2. The van der Waals surface area contributed by atoms with Gasteiger partial charge < -0.3 is 15.5 Å². The van der Waals surface area contributed by atoms with E-state index < -0.39 is 0 Å². The van der Waals surface area contributed by atoms with Crippen molar-refractivity contribution in [2.75, 3.05) is 33.7 Å². The van der Waals surface area contributed by atoms with Gasteiger partial charge >= 0.3 is 0 Å². The van der Waals surface area contributed by atoms with Gasteiger partial charge in [0.1, 0.15) is 5.82 Å². The molecule has 1 aliphatic rings. The van der Waals surface area contributed by atoms with Gasteiger partial charge in [-0.3, -0.25) is 4.79 Å². The summed E-state index contributed by atoms with van der Waals surface area (Å²) >= 11 is 0. The molecular weight excluding hydrogens is 305 g/mol. The first-order valence-corrected chi connectivity index (χ1v) is 8.86. The van der Waals surface area contributed by atoms with Gasteiger partial charge in [-0.2, -0.15) is 0 Å². The zero-order chi connectivity index (χ0) is 17.5. The fraction of sp³-hybridized carbons (Fsp3) is 0.632. The van der Waals surface area contributed by atoms with Gasteiger partial charge in [-0.1, -0.05) is 19.1 Å². The summed E-state index contributed by atoms with van der Waals surface area (Å²) in [6.45, 7) is 4.82. The molecule has 0 bridgehead atoms. The molecule has 1 aromatic carbocycles. The van der Waals surface area contributed by atoms with Crippen molar-refractivity contribution < 1.29 is 9.18 Å². The van der Waals surface area contributed by atoms with E-state index >= 15 is 0 Å². The van der Waals surface area contributed by atoms with Crippen molar-refractivity contribution in [3.63, 3.8) is 0 Å². The highest BCUT2D eigenvalue weighted by atomic mass is 19.1. The number of carbonyl (C=O) groups is 1. The summed E-state index contributed by atoms with van der Waals surface area (Å²) in [4.78, 5) is 14.3. The standard InChI is InChI=1S/C19H30FN3O/c1-14(16-5-4-10-21-12-16)11-19(24)22-13-18(23(2)3)15-6-8-17(20)9-7-15/h6-9,14,16,18,21H,4-5,10-13H2,1-3H3,(H,22,24). The van der Waals surface area contributed by atoms with Crippen molar-refractivity contribution in [2.45, 2.75) is 32.2 Å². The molecule has 2 N–H and O–H groups in total. The molecule has 1 aliphatic heterocycles. The number of nitrogens with zero attached hydrogens (tertiary/aromatic N) is 1. The van der Waals surface area contributed by atoms with Crippen molar-refractivity contribution in [2.24, 2.45) is 11.8 Å². The molecule has 1 heterocycles. The first-order valence-electron chi connectivity index (χ1n) is 8.86. The minimum Gasteiger partial charge on any atom is -0.354 e. The van der Waals surface area contributed by atoms with Crippen LogP contribution in [0.1, 0.15) is 37.8 Å². The maximum Gasteiger partial charge on any atom is 0.220 e. The van der Waals surface area contributed by atoms with Crippen LogP contribution in [-0.2, 0) is 4.79 Å². The molecule has 0 radical (unpaired) electrons. The Kier molecular flexibility index (Phi) is 7.18. The first-order chi connectivity index (χ1) is 11.5. The minimum atomic E-state index is -0.241. The first kappa shape index (κ1) is 18.9. The molecule has 1 amide bonds. The van der Waals surface area contributed by atoms with Gasteiger partial charge in [0.2, 0.25) is 5.91 Å². The number of hydrogen-bond donors (Lipinski definition) is 2. The topological polar surface area (TPSA) is 44.4 Å². The van der Waals surface area contributed by atoms with Crippen LogP contribution in [-0.4, -0.2) is 44.5 Å². The van der Waals surface area contributed by atoms with E-state index in [1.807, 2.05) is 19.0 Å². The Morgan fingerprint density at radius 2 is 2.08 bits per heavy atom. The van der Waals surface area contributed by atoms with Crippen LogP contribution in [0.5, 0.6) is 0 Å². The van der Waals surface area contributed by atoms with Crippen LogP contribution in [0.2, 0.25) is 0 Å². The molecule has 5 heteroatoms. The second-order valence-electron chi connectivity index (χ2n) is 7.12. The highest BCUT2D eigenvalue weighted by molar-refractivity contribution is 5.76. The predicted molar refractivity (Wildman–Crippen MR) is 95.2 cm³/mol. The Bertz CT molecular complexity index is 512. The Morgan fingerprint density at radius 1 is 1.38 bits per heavy atom. The Morgan fingerprint density at radius 3 is 2.67 bits per heavy atom. The lowest BCUT2D eigenvalue weighted by Gasteiger charge is -2.29. The van der Waals surface area contributed by atoms with Crippen LogP contribution in [0.25, 0.3) is 0 Å². The number of rotatable bonds is 7. The number of halogens is 1. The molecule has 0 aliphatic carbocycles. The minimum absolute atomic E-state index is 0.0428. The number of piperidine rings is 1. The SMILES string of the molecule is CC(CC(=O)NCC(c1ccc(F)cc1)N(C)C)C1CCCNC1. The van der Waals surface area contributed by atoms with E-state index in [-0.39, 0.29) is 17.8 Å². The molecule has 2 rings (SSSR count). The van der Waals surface area contributed by atoms with Crippen LogP contribution in [0, 0.1) is 17.7 Å². The molecule has 134 valence electrons. The number of carbonyl (C=O) groups excluding carboxylic acids is 1. The highest BCUT2D eigenvalue weighted by Crippen LogP contribution is 2.23. The summed E-state index contributed by atoms with van der Waals surface area (Å²) in [6, 6.07) is 6.53. The third-order valence-corrected chi connectivity index (χ3v) is 5.02. The molecule has 0 aromatic heterocycles. The van der Waals surface area contributed by atoms with Gasteiger partial charge in [0.15, 0.2) is 0 Å². The van der Waals surface area contributed by atoms with Gasteiger partial charge in [0, 0.05) is 13.0 Å². The fourth-order valence-corrected chi connectivity index (χ4v) is 3.39. The second kappa shape index (κ2) is 9.14. The van der Waals surface area contributed by atoms with Crippen molar-refractivity contribution in [3.8, 4) is 0 Å². The van der Waals surface area contributed by atoms with Gasteiger partial charge in [-0.15, -0.1) is 0 Å². The lowest BCUT2D eigenvalue weighted by molar-refractivity contribution is -0.122. The Labute approximate surface area is 144 Å². The van der Waals surface area contributed by atoms with Crippen LogP contribution in [0.15, 0.2) is 24.3 Å². The van der Waals surface area contributed by atoms with Gasteiger partial charge in [0.05, 0.1) is 6.04 Å². The Balaban J connectivity index is 1.84. The normalized spacial score (nSPS) is 20.6. The average molecular weight is 335 g/mol. The van der Waals surface area contributed by atoms with Gasteiger partial charge in [0.25, 0.3) is 0 Å². The highest BCUT2D eigenvalue weighted by Gasteiger charge is 2.22. The summed E-state index contributed by atoms with van der Waals surface area (Å²) in [5.74, 6) is 0.838. The summed E-state index contributed by atoms with van der Waals surface area (Å²) in [6.07, 6.45) is 2.97. The van der Waals surface area contributed by atoms with E-state index in [0.717, 1.165) is 18.7 Å². The van der Waals surface area contributed by atoms with Crippen LogP contribution < -0.4 is 10.6 Å². The zero-order valence-electron chi connectivity index (χ0n) is 15.0. The lowest BCUT2D eigenvalue weighted by atomic mass is 9.85. The van der Waals surface area contributed by atoms with Crippen LogP contribution >= 0.6 is 0 Å². The average Bonchev–Trinajstić information content (AvgIpc) is 2.57. The predicted octanol–water partition coefficient (Wildman–Crippen LogP) is 2.57. The molecule has 4 nitrogen and oxygen atoms in total. The summed E-state index contributed by atoms with van der Waals surface area (Å²) in [7, 11) is 3.94. The molecule has 3 atom stereocenters. The van der Waals surface area contributed by atoms with Crippen LogP contribution in [0.3, 0.4) is 0 Å². The van der Waals surface area contributed by atoms with E-state index in [1.165, 1.54) is 25.0 Å². The zero-order valence-corrected chi connectivity index (χ0v) is 15.0.